The first-order valence-electron chi connectivity index (χ1n) is 8.00. The van der Waals surface area contributed by atoms with Crippen molar-refractivity contribution in [1.29, 1.82) is 0 Å². The molecule has 2 aromatic carbocycles. The molecule has 0 atom stereocenters. The van der Waals surface area contributed by atoms with Gasteiger partial charge in [0.15, 0.2) is 0 Å². The van der Waals surface area contributed by atoms with Crippen LogP contribution in [0.3, 0.4) is 0 Å². The molecule has 0 unspecified atom stereocenters. The number of aromatic nitrogens is 3. The molecule has 0 saturated heterocycles. The van der Waals surface area contributed by atoms with Gasteiger partial charge in [0.2, 0.25) is 6.33 Å². The standard InChI is InChI=1S/C18H18ClFN3.ClHO4/c1-18(2,3)23-12-22(14-8-6-7-13(20)11-14)17(21-23)15-9-4-5-10-16(15)19;2-1(3,4)5/h4-12H,1-3H3;(H,2,3,4,5)/q+1;/p-1. The van der Waals surface area contributed by atoms with Crippen LogP contribution in [0.2, 0.25) is 5.02 Å². The summed E-state index contributed by atoms with van der Waals surface area (Å²) in [6.07, 6.45) is 1.87. The highest BCUT2D eigenvalue weighted by Gasteiger charge is 2.28. The normalized spacial score (nSPS) is 11.8. The number of benzene rings is 2. The zero-order chi connectivity index (χ0) is 21.1. The third-order valence-corrected chi connectivity index (χ3v) is 3.87. The molecule has 10 heteroatoms. The van der Waals surface area contributed by atoms with E-state index in [4.69, 9.17) is 35.3 Å². The maximum atomic E-state index is 13.6. The molecule has 0 bridgehead atoms. The van der Waals surface area contributed by atoms with Gasteiger partial charge in [-0.2, -0.15) is 4.57 Å². The Bertz CT molecular complexity index is 946. The molecule has 3 rings (SSSR count). The highest BCUT2D eigenvalue weighted by molar-refractivity contribution is 6.33. The molecular weight excluding hydrogens is 412 g/mol. The maximum Gasteiger partial charge on any atom is 0.315 e. The Hall–Kier alpha value is -2.07. The van der Waals surface area contributed by atoms with Gasteiger partial charge in [0.05, 0.1) is 10.6 Å². The van der Waals surface area contributed by atoms with E-state index in [0.29, 0.717) is 16.5 Å². The topological polar surface area (TPSA) is 114 Å². The van der Waals surface area contributed by atoms with Crippen molar-refractivity contribution in [1.82, 2.24) is 9.78 Å². The van der Waals surface area contributed by atoms with E-state index in [0.717, 1.165) is 5.56 Å². The smallest absolute Gasteiger partial charge is 0.222 e. The van der Waals surface area contributed by atoms with Gasteiger partial charge in [-0.1, -0.05) is 29.8 Å². The largest absolute Gasteiger partial charge is 0.315 e. The zero-order valence-corrected chi connectivity index (χ0v) is 16.8. The molecule has 0 N–H and O–H groups in total. The number of hydrogen-bond donors (Lipinski definition) is 0. The summed E-state index contributed by atoms with van der Waals surface area (Å²) in [5.41, 5.74) is 1.31. The Labute approximate surface area is 168 Å². The molecule has 150 valence electrons. The van der Waals surface area contributed by atoms with Gasteiger partial charge in [0, 0.05) is 11.2 Å². The number of hydrogen-bond acceptors (Lipinski definition) is 5. The van der Waals surface area contributed by atoms with Crippen LogP contribution >= 0.6 is 11.6 Å². The van der Waals surface area contributed by atoms with Crippen LogP contribution in [0.4, 0.5) is 4.39 Å². The van der Waals surface area contributed by atoms with Crippen LogP contribution in [-0.2, 0) is 5.54 Å². The van der Waals surface area contributed by atoms with Gasteiger partial charge in [-0.15, -0.1) is 14.9 Å². The Balaban J connectivity index is 0.000000500. The van der Waals surface area contributed by atoms with E-state index in [1.165, 1.54) is 12.1 Å². The molecule has 1 aromatic heterocycles. The quantitative estimate of drug-likeness (QED) is 0.515. The van der Waals surface area contributed by atoms with Crippen LogP contribution in [0.15, 0.2) is 54.9 Å². The Morgan fingerprint density at radius 1 is 1.04 bits per heavy atom. The Kier molecular flexibility index (Phi) is 6.76. The average Bonchev–Trinajstić information content (AvgIpc) is 2.99. The first kappa shape index (κ1) is 22.2. The molecule has 7 nitrogen and oxygen atoms in total. The summed E-state index contributed by atoms with van der Waals surface area (Å²) < 4.78 is 51.3. The Morgan fingerprint density at radius 2 is 1.64 bits per heavy atom. The molecular formula is C18H18Cl2FN3O4. The lowest BCUT2D eigenvalue weighted by molar-refractivity contribution is -2.00. The van der Waals surface area contributed by atoms with Crippen molar-refractivity contribution >= 4 is 11.6 Å². The van der Waals surface area contributed by atoms with E-state index in [1.807, 2.05) is 45.9 Å². The molecule has 28 heavy (non-hydrogen) atoms. The lowest BCUT2D eigenvalue weighted by Crippen LogP contribution is -2.68. The summed E-state index contributed by atoms with van der Waals surface area (Å²) in [7, 11) is -4.94. The number of halogens is 3. The predicted octanol–water partition coefficient (Wildman–Crippen LogP) is -0.382. The van der Waals surface area contributed by atoms with Crippen molar-refractivity contribution in [2.45, 2.75) is 26.3 Å². The fourth-order valence-electron chi connectivity index (χ4n) is 2.30. The highest BCUT2D eigenvalue weighted by Crippen LogP contribution is 2.25. The predicted molar refractivity (Wildman–Crippen MR) is 89.2 cm³/mol. The van der Waals surface area contributed by atoms with Crippen molar-refractivity contribution in [2.75, 3.05) is 0 Å². The molecule has 3 aromatic rings. The second kappa shape index (κ2) is 8.52. The number of nitrogens with zero attached hydrogens (tertiary/aromatic N) is 3. The van der Waals surface area contributed by atoms with E-state index < -0.39 is 10.2 Å². The van der Waals surface area contributed by atoms with Crippen LogP contribution in [0.25, 0.3) is 17.1 Å². The summed E-state index contributed by atoms with van der Waals surface area (Å²) in [6, 6.07) is 14.0. The minimum atomic E-state index is -4.94. The summed E-state index contributed by atoms with van der Waals surface area (Å²) in [4.78, 5) is 0. The lowest BCUT2D eigenvalue weighted by atomic mass is 10.1. The van der Waals surface area contributed by atoms with Crippen LogP contribution in [0.5, 0.6) is 0 Å². The fourth-order valence-corrected chi connectivity index (χ4v) is 2.52. The zero-order valence-electron chi connectivity index (χ0n) is 15.3. The molecule has 0 aliphatic heterocycles. The highest BCUT2D eigenvalue weighted by atomic mass is 35.7. The van der Waals surface area contributed by atoms with Gasteiger partial charge in [-0.3, -0.25) is 0 Å². The average molecular weight is 430 g/mol. The first-order chi connectivity index (χ1) is 12.9. The van der Waals surface area contributed by atoms with Crippen LogP contribution in [-0.4, -0.2) is 9.78 Å². The van der Waals surface area contributed by atoms with Gasteiger partial charge >= 0.3 is 5.82 Å². The second-order valence-corrected chi connectivity index (χ2v) is 7.93. The number of rotatable bonds is 2. The van der Waals surface area contributed by atoms with Crippen molar-refractivity contribution in [3.63, 3.8) is 0 Å². The molecule has 0 radical (unpaired) electrons. The van der Waals surface area contributed by atoms with Gasteiger partial charge in [0.25, 0.3) is 0 Å². The lowest BCUT2D eigenvalue weighted by Gasteiger charge is -2.17. The van der Waals surface area contributed by atoms with Gasteiger partial charge < -0.3 is 0 Å². The second-order valence-electron chi connectivity index (χ2n) is 6.76. The van der Waals surface area contributed by atoms with E-state index in [9.17, 15) is 4.39 Å². The van der Waals surface area contributed by atoms with E-state index >= 15 is 0 Å². The van der Waals surface area contributed by atoms with Crippen LogP contribution < -0.4 is 23.2 Å². The van der Waals surface area contributed by atoms with E-state index in [2.05, 4.69) is 20.8 Å². The summed E-state index contributed by atoms with van der Waals surface area (Å²) in [5, 5.41) is 5.30. The summed E-state index contributed by atoms with van der Waals surface area (Å²) in [6.45, 7) is 6.19. The third-order valence-electron chi connectivity index (χ3n) is 3.54. The van der Waals surface area contributed by atoms with Crippen molar-refractivity contribution < 1.29 is 37.8 Å². The van der Waals surface area contributed by atoms with E-state index in [1.54, 1.807) is 6.07 Å². The fraction of sp³-hybridized carbons (Fsp3) is 0.222. The van der Waals surface area contributed by atoms with Crippen molar-refractivity contribution in [2.24, 2.45) is 0 Å². The summed E-state index contributed by atoms with van der Waals surface area (Å²) >= 11 is 6.34. The molecule has 0 spiro atoms. The molecule has 0 amide bonds. The van der Waals surface area contributed by atoms with Gasteiger partial charge in [0.1, 0.15) is 17.0 Å². The Morgan fingerprint density at radius 3 is 2.18 bits per heavy atom. The SMILES string of the molecule is CC(C)(C)n1c[n+](-c2cccc(F)c2)c(-c2ccccc2Cl)n1.[O-][Cl+3]([O-])([O-])[O-]. The molecule has 1 heterocycles. The van der Waals surface area contributed by atoms with Gasteiger partial charge in [-0.05, 0) is 45.0 Å². The van der Waals surface area contributed by atoms with Crippen molar-refractivity contribution in [3.05, 3.63) is 65.7 Å². The van der Waals surface area contributed by atoms with E-state index in [-0.39, 0.29) is 11.4 Å². The third kappa shape index (κ3) is 6.23. The summed E-state index contributed by atoms with van der Waals surface area (Å²) in [5.74, 6) is 0.389. The monoisotopic (exact) mass is 429 g/mol. The minimum Gasteiger partial charge on any atom is -0.222 e. The molecule has 0 fully saturated rings. The first-order valence-corrected chi connectivity index (χ1v) is 9.62. The molecule has 0 saturated carbocycles. The maximum absolute atomic E-state index is 13.6. The van der Waals surface area contributed by atoms with Crippen LogP contribution in [0, 0.1) is 16.1 Å². The van der Waals surface area contributed by atoms with Crippen molar-refractivity contribution in [3.8, 4) is 17.1 Å². The van der Waals surface area contributed by atoms with Crippen LogP contribution in [0.1, 0.15) is 20.8 Å². The molecule has 0 aliphatic rings. The van der Waals surface area contributed by atoms with Gasteiger partial charge in [-0.25, -0.2) is 23.0 Å². The molecule has 0 aliphatic carbocycles. The minimum absolute atomic E-state index is 0.200.